The Morgan fingerprint density at radius 3 is 2.95 bits per heavy atom. The number of nitro benzene ring substituents is 1. The minimum atomic E-state index is -0.593. The smallest absolute Gasteiger partial charge is 0.288 e. The molecule has 0 aromatic heterocycles. The highest BCUT2D eigenvalue weighted by Gasteiger charge is 2.23. The number of carbonyl (C=O) groups excluding carboxylic acids is 1. The molecule has 1 N–H and O–H groups in total. The van der Waals surface area contributed by atoms with Gasteiger partial charge in [-0.15, -0.1) is 0 Å². The van der Waals surface area contributed by atoms with Crippen LogP contribution in [0.25, 0.3) is 0 Å². The van der Waals surface area contributed by atoms with E-state index in [-0.39, 0.29) is 22.2 Å². The van der Waals surface area contributed by atoms with E-state index in [1.807, 2.05) is 7.05 Å². The summed E-state index contributed by atoms with van der Waals surface area (Å²) in [5, 5.41) is 13.5. The Bertz CT molecular complexity index is 536. The van der Waals surface area contributed by atoms with Gasteiger partial charge < -0.3 is 10.2 Å². The van der Waals surface area contributed by atoms with E-state index < -0.39 is 4.92 Å². The number of halogens is 1. The molecular formula is C13H16ClN3O3. The Labute approximate surface area is 121 Å². The molecule has 1 aliphatic heterocycles. The van der Waals surface area contributed by atoms with Crippen LogP contribution in [0.5, 0.6) is 0 Å². The average molecular weight is 298 g/mol. The highest BCUT2D eigenvalue weighted by atomic mass is 35.5. The summed E-state index contributed by atoms with van der Waals surface area (Å²) >= 11 is 5.91. The molecule has 7 heteroatoms. The van der Waals surface area contributed by atoms with E-state index >= 15 is 0 Å². The molecule has 0 saturated carbocycles. The van der Waals surface area contributed by atoms with Gasteiger partial charge in [-0.1, -0.05) is 17.7 Å². The molecule has 108 valence electrons. The molecule has 0 spiro atoms. The van der Waals surface area contributed by atoms with Crippen LogP contribution in [-0.4, -0.2) is 41.9 Å². The molecule has 1 unspecified atom stereocenters. The average Bonchev–Trinajstić information content (AvgIpc) is 2.81. The minimum absolute atomic E-state index is 0.116. The van der Waals surface area contributed by atoms with Gasteiger partial charge in [-0.2, -0.15) is 0 Å². The molecule has 1 atom stereocenters. The number of carbonyl (C=O) groups is 1. The SMILES string of the molecule is CN1CCCC1CNC(=O)c1cccc([N+](=O)[O-])c1Cl. The van der Waals surface area contributed by atoms with Crippen LogP contribution in [-0.2, 0) is 0 Å². The lowest BCUT2D eigenvalue weighted by molar-refractivity contribution is -0.384. The molecule has 20 heavy (non-hydrogen) atoms. The predicted molar refractivity (Wildman–Crippen MR) is 76.1 cm³/mol. The number of benzene rings is 1. The summed E-state index contributed by atoms with van der Waals surface area (Å²) in [6.07, 6.45) is 2.16. The second kappa shape index (κ2) is 6.19. The number of hydrogen-bond acceptors (Lipinski definition) is 4. The second-order valence-electron chi connectivity index (χ2n) is 4.88. The highest BCUT2D eigenvalue weighted by Crippen LogP contribution is 2.27. The Hall–Kier alpha value is -1.66. The number of likely N-dealkylation sites (tertiary alicyclic amines) is 1. The number of amides is 1. The summed E-state index contributed by atoms with van der Waals surface area (Å²) in [4.78, 5) is 24.5. The van der Waals surface area contributed by atoms with Crippen molar-refractivity contribution in [2.45, 2.75) is 18.9 Å². The van der Waals surface area contributed by atoms with E-state index in [0.717, 1.165) is 19.4 Å². The van der Waals surface area contributed by atoms with Crippen LogP contribution in [0.15, 0.2) is 18.2 Å². The fourth-order valence-corrected chi connectivity index (χ4v) is 2.66. The molecule has 1 aromatic rings. The van der Waals surface area contributed by atoms with Gasteiger partial charge in [0.15, 0.2) is 0 Å². The van der Waals surface area contributed by atoms with Crippen molar-refractivity contribution in [2.75, 3.05) is 20.1 Å². The van der Waals surface area contributed by atoms with E-state index in [0.29, 0.717) is 12.6 Å². The van der Waals surface area contributed by atoms with Gasteiger partial charge in [0.25, 0.3) is 11.6 Å². The minimum Gasteiger partial charge on any atom is -0.350 e. The summed E-state index contributed by atoms with van der Waals surface area (Å²) in [7, 11) is 2.02. The number of nitro groups is 1. The molecule has 1 amide bonds. The quantitative estimate of drug-likeness (QED) is 0.682. The Morgan fingerprint density at radius 2 is 2.35 bits per heavy atom. The lowest BCUT2D eigenvalue weighted by atomic mass is 10.1. The first kappa shape index (κ1) is 14.7. The first-order chi connectivity index (χ1) is 9.50. The van der Waals surface area contributed by atoms with Gasteiger partial charge in [-0.05, 0) is 32.5 Å². The molecular weight excluding hydrogens is 282 g/mol. The summed E-state index contributed by atoms with van der Waals surface area (Å²) in [6.45, 7) is 1.55. The Balaban J connectivity index is 2.06. The molecule has 6 nitrogen and oxygen atoms in total. The maximum absolute atomic E-state index is 12.1. The van der Waals surface area contributed by atoms with Crippen LogP contribution >= 0.6 is 11.6 Å². The molecule has 1 heterocycles. The molecule has 0 aliphatic carbocycles. The first-order valence-electron chi connectivity index (χ1n) is 6.42. The summed E-state index contributed by atoms with van der Waals surface area (Å²) in [5.74, 6) is -0.376. The monoisotopic (exact) mass is 297 g/mol. The third kappa shape index (κ3) is 3.08. The van der Waals surface area contributed by atoms with Crippen molar-refractivity contribution >= 4 is 23.2 Å². The van der Waals surface area contributed by atoms with Crippen molar-refractivity contribution in [3.63, 3.8) is 0 Å². The Kier molecular flexibility index (Phi) is 4.57. The fraction of sp³-hybridized carbons (Fsp3) is 0.462. The van der Waals surface area contributed by atoms with Gasteiger partial charge in [0.05, 0.1) is 10.5 Å². The molecule has 1 saturated heterocycles. The third-order valence-corrected chi connectivity index (χ3v) is 3.99. The van der Waals surface area contributed by atoms with Gasteiger partial charge in [-0.25, -0.2) is 0 Å². The Morgan fingerprint density at radius 1 is 1.60 bits per heavy atom. The lowest BCUT2D eigenvalue weighted by Crippen LogP contribution is -2.38. The topological polar surface area (TPSA) is 75.5 Å². The standard InChI is InChI=1S/C13H16ClN3O3/c1-16-7-3-4-9(16)8-15-13(18)10-5-2-6-11(12(10)14)17(19)20/h2,5-6,9H,3-4,7-8H2,1H3,(H,15,18). The van der Waals surface area contributed by atoms with Crippen LogP contribution in [0.3, 0.4) is 0 Å². The summed E-state index contributed by atoms with van der Waals surface area (Å²) < 4.78 is 0. The van der Waals surface area contributed by atoms with Gasteiger partial charge >= 0.3 is 0 Å². The van der Waals surface area contributed by atoms with Gasteiger partial charge in [0.1, 0.15) is 5.02 Å². The van der Waals surface area contributed by atoms with Crippen molar-refractivity contribution in [1.82, 2.24) is 10.2 Å². The van der Waals surface area contributed by atoms with Crippen molar-refractivity contribution < 1.29 is 9.72 Å². The molecule has 2 rings (SSSR count). The van der Waals surface area contributed by atoms with Gasteiger partial charge in [-0.3, -0.25) is 14.9 Å². The van der Waals surface area contributed by atoms with Crippen LogP contribution in [0.4, 0.5) is 5.69 Å². The maximum Gasteiger partial charge on any atom is 0.288 e. The number of likely N-dealkylation sites (N-methyl/N-ethyl adjacent to an activating group) is 1. The summed E-state index contributed by atoms with van der Waals surface area (Å²) in [6, 6.07) is 4.55. The zero-order valence-electron chi connectivity index (χ0n) is 11.1. The van der Waals surface area contributed by atoms with E-state index in [1.54, 1.807) is 0 Å². The molecule has 0 bridgehead atoms. The molecule has 1 aromatic carbocycles. The maximum atomic E-state index is 12.1. The van der Waals surface area contributed by atoms with Gasteiger partial charge in [0, 0.05) is 18.7 Å². The third-order valence-electron chi connectivity index (χ3n) is 3.59. The highest BCUT2D eigenvalue weighted by molar-refractivity contribution is 6.35. The molecule has 1 aliphatic rings. The number of hydrogen-bond donors (Lipinski definition) is 1. The van der Waals surface area contributed by atoms with Crippen molar-refractivity contribution in [3.8, 4) is 0 Å². The number of nitrogens with zero attached hydrogens (tertiary/aromatic N) is 2. The van der Waals surface area contributed by atoms with Crippen molar-refractivity contribution in [2.24, 2.45) is 0 Å². The normalized spacial score (nSPS) is 19.0. The van der Waals surface area contributed by atoms with Crippen LogP contribution < -0.4 is 5.32 Å². The fourth-order valence-electron chi connectivity index (χ4n) is 2.38. The van der Waals surface area contributed by atoms with E-state index in [1.165, 1.54) is 18.2 Å². The van der Waals surface area contributed by atoms with E-state index in [2.05, 4.69) is 10.2 Å². The second-order valence-corrected chi connectivity index (χ2v) is 5.26. The van der Waals surface area contributed by atoms with Crippen molar-refractivity contribution in [1.29, 1.82) is 0 Å². The largest absolute Gasteiger partial charge is 0.350 e. The van der Waals surface area contributed by atoms with Gasteiger partial charge in [0.2, 0.25) is 0 Å². The van der Waals surface area contributed by atoms with Crippen LogP contribution in [0.2, 0.25) is 5.02 Å². The lowest BCUT2D eigenvalue weighted by Gasteiger charge is -2.19. The van der Waals surface area contributed by atoms with Crippen LogP contribution in [0, 0.1) is 10.1 Å². The molecule has 1 fully saturated rings. The van der Waals surface area contributed by atoms with E-state index in [9.17, 15) is 14.9 Å². The predicted octanol–water partition coefficient (Wildman–Crippen LogP) is 2.07. The van der Waals surface area contributed by atoms with Crippen LogP contribution in [0.1, 0.15) is 23.2 Å². The molecule has 0 radical (unpaired) electrons. The zero-order valence-corrected chi connectivity index (χ0v) is 11.9. The zero-order chi connectivity index (χ0) is 14.7. The number of rotatable bonds is 4. The first-order valence-corrected chi connectivity index (χ1v) is 6.80. The summed E-state index contributed by atoms with van der Waals surface area (Å²) in [5.41, 5.74) is -0.112. The van der Waals surface area contributed by atoms with Crippen molar-refractivity contribution in [3.05, 3.63) is 38.9 Å². The van der Waals surface area contributed by atoms with E-state index in [4.69, 9.17) is 11.6 Å². The number of nitrogens with one attached hydrogen (secondary N) is 1.